The van der Waals surface area contributed by atoms with E-state index in [2.05, 4.69) is 38.2 Å². The largest absolute Gasteiger partial charge is 0.354 e. The van der Waals surface area contributed by atoms with Gasteiger partial charge in [-0.25, -0.2) is 0 Å². The summed E-state index contributed by atoms with van der Waals surface area (Å²) in [4.78, 5) is 27.2. The van der Waals surface area contributed by atoms with E-state index in [0.717, 1.165) is 24.8 Å². The van der Waals surface area contributed by atoms with E-state index in [9.17, 15) is 9.59 Å². The Morgan fingerprint density at radius 2 is 1.88 bits per heavy atom. The maximum atomic E-state index is 12.9. The molecule has 1 heterocycles. The molecule has 1 aromatic rings. The Kier molecular flexibility index (Phi) is 6.03. The summed E-state index contributed by atoms with van der Waals surface area (Å²) in [6, 6.07) is 7.83. The van der Waals surface area contributed by atoms with Crippen LogP contribution >= 0.6 is 0 Å². The fourth-order valence-electron chi connectivity index (χ4n) is 3.04. The Morgan fingerprint density at radius 3 is 2.50 bits per heavy atom. The molecule has 132 valence electrons. The van der Waals surface area contributed by atoms with Crippen molar-refractivity contribution in [1.82, 2.24) is 10.2 Å². The molecule has 0 radical (unpaired) electrons. The van der Waals surface area contributed by atoms with Crippen LogP contribution in [0.15, 0.2) is 24.3 Å². The first kappa shape index (κ1) is 18.5. The Morgan fingerprint density at radius 1 is 1.21 bits per heavy atom. The number of amides is 2. The van der Waals surface area contributed by atoms with Crippen LogP contribution in [0.5, 0.6) is 0 Å². The van der Waals surface area contributed by atoms with Crippen LogP contribution in [-0.4, -0.2) is 29.3 Å². The lowest BCUT2D eigenvalue weighted by atomic mass is 9.91. The average molecular weight is 330 g/mol. The van der Waals surface area contributed by atoms with Gasteiger partial charge in [0.25, 0.3) is 0 Å². The van der Waals surface area contributed by atoms with Crippen LogP contribution in [0.4, 0.5) is 0 Å². The minimum absolute atomic E-state index is 0.0122. The van der Waals surface area contributed by atoms with E-state index in [-0.39, 0.29) is 23.3 Å². The Labute approximate surface area is 145 Å². The second kappa shape index (κ2) is 7.82. The van der Waals surface area contributed by atoms with Crippen LogP contribution in [0, 0.1) is 12.3 Å². The third kappa shape index (κ3) is 5.36. The molecule has 2 rings (SSSR count). The van der Waals surface area contributed by atoms with Crippen molar-refractivity contribution in [2.24, 2.45) is 5.41 Å². The van der Waals surface area contributed by atoms with Crippen molar-refractivity contribution in [1.29, 1.82) is 0 Å². The first-order chi connectivity index (χ1) is 11.3. The number of nitrogens with zero attached hydrogens (tertiary/aromatic N) is 1. The van der Waals surface area contributed by atoms with Crippen LogP contribution < -0.4 is 5.32 Å². The number of benzene rings is 1. The summed E-state index contributed by atoms with van der Waals surface area (Å²) in [5.74, 6) is 0.0481. The molecule has 4 heteroatoms. The van der Waals surface area contributed by atoms with Gasteiger partial charge in [-0.1, -0.05) is 50.6 Å². The molecule has 1 fully saturated rings. The fourth-order valence-corrected chi connectivity index (χ4v) is 3.04. The lowest BCUT2D eigenvalue weighted by molar-refractivity contribution is -0.142. The molecule has 1 N–H and O–H groups in total. The van der Waals surface area contributed by atoms with E-state index in [4.69, 9.17) is 0 Å². The van der Waals surface area contributed by atoms with Crippen molar-refractivity contribution >= 4 is 11.8 Å². The zero-order valence-electron chi connectivity index (χ0n) is 15.4. The molecular weight excluding hydrogens is 300 g/mol. The van der Waals surface area contributed by atoms with Gasteiger partial charge in [0.05, 0.1) is 0 Å². The standard InChI is InChI=1S/C20H30N2O2/c1-15-8-10-16(11-9-15)14-22(18(23)13-20(2,3)4)17-7-5-6-12-21-19(17)24/h8-11,17H,5-7,12-14H2,1-4H3,(H,21,24). The van der Waals surface area contributed by atoms with Gasteiger partial charge in [0.2, 0.25) is 11.8 Å². The Bertz CT molecular complexity index is 572. The van der Waals surface area contributed by atoms with Crippen molar-refractivity contribution in [2.75, 3.05) is 6.54 Å². The zero-order chi connectivity index (χ0) is 17.7. The van der Waals surface area contributed by atoms with Gasteiger partial charge in [0.1, 0.15) is 6.04 Å². The molecule has 0 aliphatic carbocycles. The summed E-state index contributed by atoms with van der Waals surface area (Å²) in [5.41, 5.74) is 2.17. The number of nitrogens with one attached hydrogen (secondary N) is 1. The molecule has 1 aliphatic heterocycles. The smallest absolute Gasteiger partial charge is 0.242 e. The first-order valence-electron chi connectivity index (χ1n) is 8.89. The lowest BCUT2D eigenvalue weighted by Crippen LogP contribution is -2.49. The van der Waals surface area contributed by atoms with Crippen LogP contribution in [0.25, 0.3) is 0 Å². The van der Waals surface area contributed by atoms with Crippen molar-refractivity contribution < 1.29 is 9.59 Å². The Hall–Kier alpha value is -1.84. The highest BCUT2D eigenvalue weighted by atomic mass is 16.2. The summed E-state index contributed by atoms with van der Waals surface area (Å²) in [7, 11) is 0. The highest BCUT2D eigenvalue weighted by Gasteiger charge is 2.32. The molecule has 1 saturated heterocycles. The minimum Gasteiger partial charge on any atom is -0.354 e. The van der Waals surface area contributed by atoms with E-state index < -0.39 is 0 Å². The molecular formula is C20H30N2O2. The predicted molar refractivity (Wildman–Crippen MR) is 96.4 cm³/mol. The van der Waals surface area contributed by atoms with Gasteiger partial charge in [-0.15, -0.1) is 0 Å². The van der Waals surface area contributed by atoms with E-state index >= 15 is 0 Å². The van der Waals surface area contributed by atoms with Crippen LogP contribution in [-0.2, 0) is 16.1 Å². The van der Waals surface area contributed by atoms with E-state index in [1.165, 1.54) is 5.56 Å². The van der Waals surface area contributed by atoms with Gasteiger partial charge in [0.15, 0.2) is 0 Å². The van der Waals surface area contributed by atoms with Crippen molar-refractivity contribution in [2.45, 2.75) is 66.0 Å². The van der Waals surface area contributed by atoms with E-state index in [1.807, 2.05) is 19.1 Å². The second-order valence-corrected chi connectivity index (χ2v) is 8.05. The SMILES string of the molecule is Cc1ccc(CN(C(=O)CC(C)(C)C)C2CCCCNC2=O)cc1. The van der Waals surface area contributed by atoms with Gasteiger partial charge in [-0.2, -0.15) is 0 Å². The quantitative estimate of drug-likeness (QED) is 0.919. The van der Waals surface area contributed by atoms with Gasteiger partial charge in [-0.3, -0.25) is 9.59 Å². The molecule has 4 nitrogen and oxygen atoms in total. The monoisotopic (exact) mass is 330 g/mol. The molecule has 0 aromatic heterocycles. The van der Waals surface area contributed by atoms with Gasteiger partial charge in [0, 0.05) is 19.5 Å². The maximum absolute atomic E-state index is 12.9. The summed E-state index contributed by atoms with van der Waals surface area (Å²) < 4.78 is 0. The topological polar surface area (TPSA) is 49.4 Å². The van der Waals surface area contributed by atoms with E-state index in [0.29, 0.717) is 19.5 Å². The normalized spacial score (nSPS) is 18.7. The third-order valence-electron chi connectivity index (χ3n) is 4.36. The summed E-state index contributed by atoms with van der Waals surface area (Å²) in [6.07, 6.45) is 3.14. The predicted octanol–water partition coefficient (Wildman–Crippen LogP) is 3.43. The minimum atomic E-state index is -0.358. The number of rotatable bonds is 4. The molecule has 0 bridgehead atoms. The maximum Gasteiger partial charge on any atom is 0.242 e. The van der Waals surface area contributed by atoms with Gasteiger partial charge in [-0.05, 0) is 37.2 Å². The zero-order valence-corrected chi connectivity index (χ0v) is 15.4. The number of carbonyl (C=O) groups is 2. The molecule has 1 aliphatic rings. The van der Waals surface area contributed by atoms with Crippen LogP contribution in [0.3, 0.4) is 0 Å². The van der Waals surface area contributed by atoms with Crippen molar-refractivity contribution in [3.63, 3.8) is 0 Å². The van der Waals surface area contributed by atoms with Gasteiger partial charge < -0.3 is 10.2 Å². The molecule has 0 spiro atoms. The lowest BCUT2D eigenvalue weighted by Gasteiger charge is -2.32. The van der Waals surface area contributed by atoms with Crippen molar-refractivity contribution in [3.05, 3.63) is 35.4 Å². The molecule has 24 heavy (non-hydrogen) atoms. The number of hydrogen-bond donors (Lipinski definition) is 1. The first-order valence-corrected chi connectivity index (χ1v) is 8.89. The molecule has 0 saturated carbocycles. The number of hydrogen-bond acceptors (Lipinski definition) is 2. The third-order valence-corrected chi connectivity index (χ3v) is 4.36. The van der Waals surface area contributed by atoms with E-state index in [1.54, 1.807) is 4.90 Å². The van der Waals surface area contributed by atoms with Crippen LogP contribution in [0.2, 0.25) is 0 Å². The van der Waals surface area contributed by atoms with Gasteiger partial charge >= 0.3 is 0 Å². The van der Waals surface area contributed by atoms with Crippen molar-refractivity contribution in [3.8, 4) is 0 Å². The number of aryl methyl sites for hydroxylation is 1. The summed E-state index contributed by atoms with van der Waals surface area (Å²) in [6.45, 7) is 9.42. The highest BCUT2D eigenvalue weighted by Crippen LogP contribution is 2.24. The highest BCUT2D eigenvalue weighted by molar-refractivity contribution is 5.88. The average Bonchev–Trinajstić information content (AvgIpc) is 2.69. The molecule has 1 aromatic carbocycles. The van der Waals surface area contributed by atoms with Crippen LogP contribution in [0.1, 0.15) is 57.6 Å². The summed E-state index contributed by atoms with van der Waals surface area (Å²) >= 11 is 0. The molecule has 1 atom stereocenters. The number of carbonyl (C=O) groups excluding carboxylic acids is 2. The molecule has 1 unspecified atom stereocenters. The summed E-state index contributed by atoms with van der Waals surface area (Å²) in [5, 5.41) is 2.95. The second-order valence-electron chi connectivity index (χ2n) is 8.05. The molecule has 2 amide bonds. The Balaban J connectivity index is 2.23. The fraction of sp³-hybridized carbons (Fsp3) is 0.600.